The molecule has 4 aromatic rings. The van der Waals surface area contributed by atoms with Crippen LogP contribution in [-0.2, 0) is 29.6 Å². The van der Waals surface area contributed by atoms with Crippen molar-refractivity contribution in [3.05, 3.63) is 72.8 Å². The normalized spacial score (nSPS) is 13.5. The minimum atomic E-state index is -5.09. The molecular weight excluding hydrogens is 673 g/mol. The topological polar surface area (TPSA) is 179 Å². The van der Waals surface area contributed by atoms with Crippen molar-refractivity contribution >= 4 is 86.5 Å². The van der Waals surface area contributed by atoms with Crippen molar-refractivity contribution in [1.29, 1.82) is 0 Å². The molecule has 0 radical (unpaired) electrons. The molecule has 0 bridgehead atoms. The van der Waals surface area contributed by atoms with E-state index in [0.717, 1.165) is 21.6 Å². The van der Waals surface area contributed by atoms with E-state index in [1.54, 1.807) is 74.4 Å². The average Bonchev–Trinajstić information content (AvgIpc) is 3.00. The number of anilines is 2. The fourth-order valence-corrected chi connectivity index (χ4v) is 11.8. The molecule has 0 heterocycles. The molecular formula is C30H34N4O8S4. The number of fused-ring (bicyclic) bond motifs is 2. The lowest BCUT2D eigenvalue weighted by atomic mass is 10.1. The number of benzene rings is 4. The summed E-state index contributed by atoms with van der Waals surface area (Å²) in [5, 5.41) is 21.0. The van der Waals surface area contributed by atoms with Gasteiger partial charge in [0.2, 0.25) is 0 Å². The Balaban J connectivity index is 1.97. The largest absolute Gasteiger partial charge is 0.480 e. The van der Waals surface area contributed by atoms with Crippen LogP contribution >= 0.6 is 21.6 Å². The van der Waals surface area contributed by atoms with Crippen molar-refractivity contribution in [2.75, 3.05) is 49.5 Å². The molecule has 0 fully saturated rings. The van der Waals surface area contributed by atoms with Crippen LogP contribution in [0.15, 0.2) is 82.6 Å². The molecule has 46 heavy (non-hydrogen) atoms. The number of sulfonamides is 2. The van der Waals surface area contributed by atoms with Gasteiger partial charge >= 0.3 is 11.9 Å². The number of hydrogen-bond acceptors (Lipinski definition) is 11. The highest BCUT2D eigenvalue weighted by atomic mass is 33.1. The van der Waals surface area contributed by atoms with Crippen LogP contribution in [0.3, 0.4) is 0 Å². The van der Waals surface area contributed by atoms with Crippen LogP contribution in [0.5, 0.6) is 0 Å². The van der Waals surface area contributed by atoms with Gasteiger partial charge in [-0.05, 0) is 24.3 Å². The van der Waals surface area contributed by atoms with E-state index in [1.165, 1.54) is 36.4 Å². The van der Waals surface area contributed by atoms with E-state index in [-0.39, 0.29) is 30.0 Å². The number of nitrogens with two attached hydrogens (primary N) is 1. The third-order valence-electron chi connectivity index (χ3n) is 7.12. The maximum atomic E-state index is 14.7. The summed E-state index contributed by atoms with van der Waals surface area (Å²) < 4.78 is 58.8. The third kappa shape index (κ3) is 6.91. The molecule has 1 unspecified atom stereocenters. The molecule has 0 aromatic heterocycles. The standard InChI is InChI=1S/C30H34N4O8S4/c1-32(2)24-13-5-11-21-19(24)9-7-15-27(21)45(39,40)34(26(30(37)38)18-44-43-17-23(31)29(35)36)46(41,42)28-16-8-10-20-22(28)12-6-14-25(20)33(3)4/h5-16,23,26H,17-18,31H2,1-4H3,(H,35,36)(H,37,38)/t23?,26-/m0/s1. The van der Waals surface area contributed by atoms with E-state index >= 15 is 0 Å². The maximum Gasteiger partial charge on any atom is 0.324 e. The van der Waals surface area contributed by atoms with Crippen LogP contribution in [0, 0.1) is 0 Å². The van der Waals surface area contributed by atoms with E-state index in [4.69, 9.17) is 10.8 Å². The lowest BCUT2D eigenvalue weighted by Crippen LogP contribution is -2.49. The molecule has 16 heteroatoms. The highest BCUT2D eigenvalue weighted by Crippen LogP contribution is 2.38. The lowest BCUT2D eigenvalue weighted by molar-refractivity contribution is -0.140. The van der Waals surface area contributed by atoms with Crippen LogP contribution in [-0.4, -0.2) is 94.5 Å². The average molecular weight is 707 g/mol. The second-order valence-corrected chi connectivity index (χ2v) is 17.0. The minimum absolute atomic E-state index is 0.0846. The van der Waals surface area contributed by atoms with E-state index in [9.17, 15) is 31.5 Å². The Morgan fingerprint density at radius 3 is 1.43 bits per heavy atom. The number of aliphatic carboxylic acids is 2. The van der Waals surface area contributed by atoms with Gasteiger partial charge in [-0.2, -0.15) is 0 Å². The summed E-state index contributed by atoms with van der Waals surface area (Å²) >= 11 is 0. The van der Waals surface area contributed by atoms with Gasteiger partial charge in [0.1, 0.15) is 12.1 Å². The fourth-order valence-electron chi connectivity index (χ4n) is 4.94. The van der Waals surface area contributed by atoms with Gasteiger partial charge in [-0.3, -0.25) is 9.59 Å². The van der Waals surface area contributed by atoms with Crippen LogP contribution in [0.2, 0.25) is 0 Å². The summed E-state index contributed by atoms with van der Waals surface area (Å²) in [5.41, 5.74) is 6.90. The van der Waals surface area contributed by atoms with Gasteiger partial charge < -0.3 is 25.7 Å². The van der Waals surface area contributed by atoms with Crippen LogP contribution < -0.4 is 15.5 Å². The summed E-state index contributed by atoms with van der Waals surface area (Å²) in [5.74, 6) is -3.63. The van der Waals surface area contributed by atoms with Crippen molar-refractivity contribution < 1.29 is 36.6 Å². The van der Waals surface area contributed by atoms with E-state index < -0.39 is 49.8 Å². The van der Waals surface area contributed by atoms with Gasteiger partial charge in [0.05, 0.1) is 9.79 Å². The van der Waals surface area contributed by atoms with Crippen LogP contribution in [0.4, 0.5) is 11.4 Å². The zero-order valence-electron chi connectivity index (χ0n) is 25.4. The highest BCUT2D eigenvalue weighted by molar-refractivity contribution is 8.76. The molecule has 0 spiro atoms. The van der Waals surface area contributed by atoms with Crippen LogP contribution in [0.1, 0.15) is 0 Å². The molecule has 0 saturated heterocycles. The molecule has 2 atom stereocenters. The monoisotopic (exact) mass is 706 g/mol. The zero-order valence-corrected chi connectivity index (χ0v) is 28.7. The van der Waals surface area contributed by atoms with Gasteiger partial charge in [-0.1, -0.05) is 73.8 Å². The van der Waals surface area contributed by atoms with Crippen molar-refractivity contribution in [3.63, 3.8) is 0 Å². The molecule has 0 saturated carbocycles. The fraction of sp³-hybridized carbons (Fsp3) is 0.267. The number of carboxylic acids is 2. The van der Waals surface area contributed by atoms with Crippen molar-refractivity contribution in [1.82, 2.24) is 3.71 Å². The van der Waals surface area contributed by atoms with Gasteiger partial charge in [0, 0.05) is 72.6 Å². The summed E-state index contributed by atoms with van der Waals surface area (Å²) in [6.07, 6.45) is 0. The Hall–Kier alpha value is -3.54. The zero-order chi connectivity index (χ0) is 34.0. The first-order valence-electron chi connectivity index (χ1n) is 13.7. The second-order valence-electron chi connectivity index (χ2n) is 10.6. The first-order valence-corrected chi connectivity index (χ1v) is 19.1. The molecule has 4 N–H and O–H groups in total. The summed E-state index contributed by atoms with van der Waals surface area (Å²) in [6, 6.07) is 15.4. The number of hydrogen-bond donors (Lipinski definition) is 3. The Morgan fingerprint density at radius 2 is 1.04 bits per heavy atom. The lowest BCUT2D eigenvalue weighted by Gasteiger charge is -2.29. The maximum absolute atomic E-state index is 14.7. The summed E-state index contributed by atoms with van der Waals surface area (Å²) in [4.78, 5) is 26.8. The summed E-state index contributed by atoms with van der Waals surface area (Å²) in [6.45, 7) is 0. The minimum Gasteiger partial charge on any atom is -0.480 e. The first kappa shape index (κ1) is 35.3. The molecule has 12 nitrogen and oxygen atoms in total. The molecule has 0 amide bonds. The smallest absolute Gasteiger partial charge is 0.324 e. The number of carbonyl (C=O) groups is 2. The quantitative estimate of drug-likeness (QED) is 0.128. The molecule has 246 valence electrons. The number of rotatable bonds is 14. The van der Waals surface area contributed by atoms with Crippen molar-refractivity contribution in [3.8, 4) is 0 Å². The van der Waals surface area contributed by atoms with E-state index in [0.29, 0.717) is 22.1 Å². The van der Waals surface area contributed by atoms with Gasteiger partial charge in [-0.15, -0.1) is 0 Å². The molecule has 0 aliphatic heterocycles. The van der Waals surface area contributed by atoms with Crippen LogP contribution in [0.25, 0.3) is 21.5 Å². The third-order valence-corrected chi connectivity index (χ3v) is 14.0. The summed E-state index contributed by atoms with van der Waals surface area (Å²) in [7, 11) is -1.35. The van der Waals surface area contributed by atoms with Gasteiger partial charge in [0.25, 0.3) is 20.0 Å². The Kier molecular flexibility index (Phi) is 10.8. The predicted octanol–water partition coefficient (Wildman–Crippen LogP) is 3.75. The molecule has 4 aromatic carbocycles. The molecule has 4 rings (SSSR count). The van der Waals surface area contributed by atoms with Gasteiger partial charge in [0.15, 0.2) is 0 Å². The second kappa shape index (κ2) is 14.1. The predicted molar refractivity (Wildman–Crippen MR) is 185 cm³/mol. The van der Waals surface area contributed by atoms with E-state index in [1.807, 2.05) is 0 Å². The number of nitrogens with zero attached hydrogens (tertiary/aromatic N) is 3. The SMILES string of the molecule is CN(C)c1cccc2c(S(=O)(=O)N([C@@H](CSSCC(N)C(=O)O)C(=O)O)S(=O)(=O)c3cccc4c(N(C)C)cccc34)cccc12. The Labute approximate surface area is 275 Å². The molecule has 0 aliphatic carbocycles. The number of carboxylic acid groups (broad SMARTS) is 2. The van der Waals surface area contributed by atoms with Crippen molar-refractivity contribution in [2.45, 2.75) is 21.9 Å². The Bertz CT molecular complexity index is 1880. The Morgan fingerprint density at radius 1 is 0.652 bits per heavy atom. The highest BCUT2D eigenvalue weighted by Gasteiger charge is 2.46. The first-order chi connectivity index (χ1) is 21.6. The van der Waals surface area contributed by atoms with E-state index in [2.05, 4.69) is 0 Å². The van der Waals surface area contributed by atoms with Crippen molar-refractivity contribution in [2.24, 2.45) is 5.73 Å². The van der Waals surface area contributed by atoms with Gasteiger partial charge in [-0.25, -0.2) is 16.8 Å². The molecule has 0 aliphatic rings.